The molecule has 0 aliphatic heterocycles. The van der Waals surface area contributed by atoms with Gasteiger partial charge < -0.3 is 5.32 Å². The van der Waals surface area contributed by atoms with Gasteiger partial charge in [0, 0.05) is 28.5 Å². The van der Waals surface area contributed by atoms with Crippen LogP contribution in [0.15, 0.2) is 35.7 Å². The van der Waals surface area contributed by atoms with Gasteiger partial charge in [-0.15, -0.1) is 11.3 Å². The van der Waals surface area contributed by atoms with E-state index in [-0.39, 0.29) is 5.91 Å². The lowest BCUT2D eigenvalue weighted by Crippen LogP contribution is -2.17. The fraction of sp³-hybridized carbons (Fsp3) is 0.409. The number of thiazole rings is 1. The normalized spacial score (nSPS) is 14.8. The van der Waals surface area contributed by atoms with Crippen molar-refractivity contribution in [2.24, 2.45) is 5.92 Å². The van der Waals surface area contributed by atoms with Gasteiger partial charge in [0.15, 0.2) is 0 Å². The van der Waals surface area contributed by atoms with Crippen molar-refractivity contribution >= 4 is 34.7 Å². The Bertz CT molecular complexity index is 973. The molecule has 7 heteroatoms. The Labute approximate surface area is 180 Å². The maximum absolute atomic E-state index is 12.5. The number of carbonyl (C=O) groups is 1. The minimum Gasteiger partial charge on any atom is -0.311 e. The number of hydrogen-bond donors (Lipinski definition) is 1. The van der Waals surface area contributed by atoms with Gasteiger partial charge in [-0.3, -0.25) is 4.79 Å². The van der Waals surface area contributed by atoms with Crippen LogP contribution in [0, 0.1) is 12.8 Å². The number of rotatable bonds is 6. The minimum atomic E-state index is 0.0474. The number of carbonyl (C=O) groups excluding carboxylic acids is 1. The molecule has 3 aromatic rings. The molecule has 0 unspecified atom stereocenters. The first-order valence-corrected chi connectivity index (χ1v) is 11.4. The predicted octanol–water partition coefficient (Wildman–Crippen LogP) is 6.26. The van der Waals surface area contributed by atoms with Gasteiger partial charge in [0.25, 0.3) is 0 Å². The maximum atomic E-state index is 12.5. The summed E-state index contributed by atoms with van der Waals surface area (Å²) in [7, 11) is 0. The number of anilines is 1. The van der Waals surface area contributed by atoms with E-state index in [1.54, 1.807) is 4.68 Å². The number of aryl methyl sites for hydroxylation is 1. The zero-order valence-corrected chi connectivity index (χ0v) is 18.1. The van der Waals surface area contributed by atoms with E-state index in [2.05, 4.69) is 10.4 Å². The molecule has 1 fully saturated rings. The molecule has 0 atom stereocenters. The molecule has 0 radical (unpaired) electrons. The lowest BCUT2D eigenvalue weighted by atomic mass is 9.86. The molecular weight excluding hydrogens is 404 g/mol. The summed E-state index contributed by atoms with van der Waals surface area (Å²) >= 11 is 7.47. The smallest absolute Gasteiger partial charge is 0.225 e. The van der Waals surface area contributed by atoms with Gasteiger partial charge in [-0.25, -0.2) is 4.98 Å². The molecular formula is C22H25ClN4OS. The molecule has 1 aliphatic carbocycles. The maximum Gasteiger partial charge on any atom is 0.225 e. The second kappa shape index (κ2) is 9.09. The second-order valence-corrected chi connectivity index (χ2v) is 8.97. The first-order chi connectivity index (χ1) is 14.1. The van der Waals surface area contributed by atoms with Crippen LogP contribution in [-0.4, -0.2) is 20.7 Å². The lowest BCUT2D eigenvalue weighted by Gasteiger charge is -2.20. The van der Waals surface area contributed by atoms with E-state index in [1.807, 2.05) is 42.6 Å². The largest absolute Gasteiger partial charge is 0.311 e. The SMILES string of the molecule is Cc1cc(NC(=O)CCC2CCCCC2)n(-c2nc(-c3ccc(Cl)cc3)cs2)n1. The number of amides is 1. The van der Waals surface area contributed by atoms with E-state index in [1.165, 1.54) is 43.4 Å². The summed E-state index contributed by atoms with van der Waals surface area (Å²) in [4.78, 5) is 17.2. The van der Waals surface area contributed by atoms with Crippen molar-refractivity contribution in [3.8, 4) is 16.4 Å². The summed E-state index contributed by atoms with van der Waals surface area (Å²) in [6, 6.07) is 9.49. The molecule has 4 rings (SSSR count). The summed E-state index contributed by atoms with van der Waals surface area (Å²) < 4.78 is 1.72. The number of nitrogens with zero attached hydrogens (tertiary/aromatic N) is 3. The van der Waals surface area contributed by atoms with Crippen LogP contribution in [0.1, 0.15) is 50.6 Å². The highest BCUT2D eigenvalue weighted by atomic mass is 35.5. The lowest BCUT2D eigenvalue weighted by molar-refractivity contribution is -0.116. The van der Waals surface area contributed by atoms with Crippen LogP contribution >= 0.6 is 22.9 Å². The van der Waals surface area contributed by atoms with Gasteiger partial charge in [-0.05, 0) is 31.4 Å². The summed E-state index contributed by atoms with van der Waals surface area (Å²) in [6.07, 6.45) is 8.00. The van der Waals surface area contributed by atoms with Crippen molar-refractivity contribution < 1.29 is 4.79 Å². The highest BCUT2D eigenvalue weighted by Crippen LogP contribution is 2.29. The zero-order chi connectivity index (χ0) is 20.2. The molecule has 2 aromatic heterocycles. The number of aromatic nitrogens is 3. The molecule has 1 aliphatic rings. The average Bonchev–Trinajstić information content (AvgIpc) is 3.34. The minimum absolute atomic E-state index is 0.0474. The molecule has 1 N–H and O–H groups in total. The van der Waals surface area contributed by atoms with Crippen LogP contribution in [0.25, 0.3) is 16.4 Å². The Morgan fingerprint density at radius 2 is 2.00 bits per heavy atom. The Morgan fingerprint density at radius 3 is 2.76 bits per heavy atom. The quantitative estimate of drug-likeness (QED) is 0.504. The number of benzene rings is 1. The van der Waals surface area contributed by atoms with Crippen LogP contribution in [0.2, 0.25) is 5.02 Å². The topological polar surface area (TPSA) is 59.8 Å². The Kier molecular flexibility index (Phi) is 6.31. The van der Waals surface area contributed by atoms with Crippen LogP contribution < -0.4 is 5.32 Å². The van der Waals surface area contributed by atoms with Gasteiger partial charge in [0.05, 0.1) is 11.4 Å². The fourth-order valence-electron chi connectivity index (χ4n) is 3.87. The molecule has 1 aromatic carbocycles. The molecule has 0 bridgehead atoms. The Morgan fingerprint density at radius 1 is 1.24 bits per heavy atom. The van der Waals surface area contributed by atoms with Gasteiger partial charge >= 0.3 is 0 Å². The van der Waals surface area contributed by atoms with E-state index < -0.39 is 0 Å². The molecule has 0 saturated heterocycles. The zero-order valence-electron chi connectivity index (χ0n) is 16.5. The van der Waals surface area contributed by atoms with Crippen LogP contribution in [0.3, 0.4) is 0 Å². The molecule has 29 heavy (non-hydrogen) atoms. The van der Waals surface area contributed by atoms with Crippen molar-refractivity contribution in [2.45, 2.75) is 51.9 Å². The summed E-state index contributed by atoms with van der Waals surface area (Å²) in [5, 5.41) is 11.0. The van der Waals surface area contributed by atoms with Crippen LogP contribution in [0.4, 0.5) is 5.82 Å². The van der Waals surface area contributed by atoms with Gasteiger partial charge in [-0.1, -0.05) is 55.8 Å². The van der Waals surface area contributed by atoms with Crippen LogP contribution in [0.5, 0.6) is 0 Å². The molecule has 1 amide bonds. The molecule has 5 nitrogen and oxygen atoms in total. The fourth-order valence-corrected chi connectivity index (χ4v) is 4.79. The van der Waals surface area contributed by atoms with E-state index in [0.717, 1.165) is 28.5 Å². The van der Waals surface area contributed by atoms with Crippen LogP contribution in [-0.2, 0) is 4.79 Å². The molecule has 0 spiro atoms. The van der Waals surface area contributed by atoms with Crippen molar-refractivity contribution in [2.75, 3.05) is 5.32 Å². The summed E-state index contributed by atoms with van der Waals surface area (Å²) in [5.74, 6) is 1.42. The summed E-state index contributed by atoms with van der Waals surface area (Å²) in [6.45, 7) is 1.92. The Hall–Kier alpha value is -2.18. The number of halogens is 1. The number of hydrogen-bond acceptors (Lipinski definition) is 4. The standard InChI is InChI=1S/C22H25ClN4OS/c1-15-13-20(25-21(28)12-7-16-5-3-2-4-6-16)27(26-15)22-24-19(14-29-22)17-8-10-18(23)11-9-17/h8-11,13-14,16H,2-7,12H2,1H3,(H,25,28). The third-order valence-electron chi connectivity index (χ3n) is 5.42. The van der Waals surface area contributed by atoms with Gasteiger partial charge in [0.1, 0.15) is 5.82 Å². The highest BCUT2D eigenvalue weighted by Gasteiger charge is 2.17. The molecule has 152 valence electrons. The Balaban J connectivity index is 1.45. The van der Waals surface area contributed by atoms with Crippen molar-refractivity contribution in [1.82, 2.24) is 14.8 Å². The van der Waals surface area contributed by atoms with Gasteiger partial charge in [-0.2, -0.15) is 9.78 Å². The first-order valence-electron chi connectivity index (χ1n) is 10.2. The van der Waals surface area contributed by atoms with E-state index in [9.17, 15) is 4.79 Å². The third kappa shape index (κ3) is 5.06. The monoisotopic (exact) mass is 428 g/mol. The van der Waals surface area contributed by atoms with Gasteiger partial charge in [0.2, 0.25) is 11.0 Å². The first kappa shape index (κ1) is 20.1. The second-order valence-electron chi connectivity index (χ2n) is 7.70. The van der Waals surface area contributed by atoms with E-state index in [0.29, 0.717) is 23.2 Å². The highest BCUT2D eigenvalue weighted by molar-refractivity contribution is 7.12. The van der Waals surface area contributed by atoms with Crippen molar-refractivity contribution in [1.29, 1.82) is 0 Å². The molecule has 1 saturated carbocycles. The van der Waals surface area contributed by atoms with E-state index >= 15 is 0 Å². The number of nitrogens with one attached hydrogen (secondary N) is 1. The van der Waals surface area contributed by atoms with E-state index in [4.69, 9.17) is 16.6 Å². The summed E-state index contributed by atoms with van der Waals surface area (Å²) in [5.41, 5.74) is 2.71. The van der Waals surface area contributed by atoms with Crippen molar-refractivity contribution in [3.05, 3.63) is 46.4 Å². The third-order valence-corrected chi connectivity index (χ3v) is 6.48. The average molecular weight is 429 g/mol. The molecule has 2 heterocycles. The predicted molar refractivity (Wildman–Crippen MR) is 119 cm³/mol. The van der Waals surface area contributed by atoms with Crippen molar-refractivity contribution in [3.63, 3.8) is 0 Å².